The predicted octanol–water partition coefficient (Wildman–Crippen LogP) is 4.04. The van der Waals surface area contributed by atoms with Crippen molar-refractivity contribution >= 4 is 33.2 Å². The molecule has 0 bridgehead atoms. The number of nitrogens with one attached hydrogen (secondary N) is 1. The average molecular weight is 553 g/mol. The Bertz CT molecular complexity index is 1430. The van der Waals surface area contributed by atoms with E-state index in [9.17, 15) is 28.1 Å². The van der Waals surface area contributed by atoms with E-state index in [1.807, 2.05) is 38.1 Å². The number of hydrogen-bond donors (Lipinski definition) is 1. The van der Waals surface area contributed by atoms with Crippen molar-refractivity contribution < 1.29 is 22.9 Å². The number of rotatable bonds is 12. The summed E-state index contributed by atoms with van der Waals surface area (Å²) < 4.78 is 28.3. The molecule has 0 radical (unpaired) electrons. The monoisotopic (exact) mass is 552 g/mol. The van der Waals surface area contributed by atoms with Gasteiger partial charge < -0.3 is 10.2 Å². The fraction of sp³-hybridized carbons (Fsp3) is 0.286. The maximum absolute atomic E-state index is 13.9. The quantitative estimate of drug-likeness (QED) is 0.267. The number of nitro groups is 1. The Morgan fingerprint density at radius 3 is 2.31 bits per heavy atom. The summed E-state index contributed by atoms with van der Waals surface area (Å²) in [5.41, 5.74) is 1.34. The van der Waals surface area contributed by atoms with Crippen LogP contribution in [0.3, 0.4) is 0 Å². The van der Waals surface area contributed by atoms with E-state index in [1.165, 1.54) is 35.2 Å². The molecule has 39 heavy (non-hydrogen) atoms. The number of hydrogen-bond acceptors (Lipinski definition) is 6. The number of benzene rings is 3. The fourth-order valence-corrected chi connectivity index (χ4v) is 5.39. The molecule has 2 amide bonds. The van der Waals surface area contributed by atoms with Gasteiger partial charge in [0.15, 0.2) is 0 Å². The number of amides is 2. The third-order valence-electron chi connectivity index (χ3n) is 6.26. The third-order valence-corrected chi connectivity index (χ3v) is 8.05. The first kappa shape index (κ1) is 29.3. The van der Waals surface area contributed by atoms with Gasteiger partial charge in [-0.15, -0.1) is 0 Å². The standard InChI is InChI=1S/C28H32N4O6S/c1-4-17-29-28(34)22(3)30(19-23-12-9-8-11-21(23)2)27(33)20-31(24-13-10-14-25(18-24)32(35)36)39(37,38)26-15-6-5-7-16-26/h5-16,18,22H,4,17,19-20H2,1-3H3,(H,29,34)/t22-/m0/s1. The van der Waals surface area contributed by atoms with Crippen molar-refractivity contribution in [1.29, 1.82) is 0 Å². The molecule has 0 saturated carbocycles. The molecule has 0 aliphatic heterocycles. The van der Waals surface area contributed by atoms with E-state index < -0.39 is 33.4 Å². The van der Waals surface area contributed by atoms with Crippen LogP contribution in [0.15, 0.2) is 83.8 Å². The summed E-state index contributed by atoms with van der Waals surface area (Å²) in [7, 11) is -4.30. The van der Waals surface area contributed by atoms with Crippen molar-refractivity contribution in [3.63, 3.8) is 0 Å². The minimum absolute atomic E-state index is 0.0414. The second-order valence-corrected chi connectivity index (χ2v) is 10.9. The molecule has 0 aromatic heterocycles. The van der Waals surface area contributed by atoms with Gasteiger partial charge in [0.2, 0.25) is 11.8 Å². The van der Waals surface area contributed by atoms with E-state index in [1.54, 1.807) is 25.1 Å². The largest absolute Gasteiger partial charge is 0.354 e. The third kappa shape index (κ3) is 7.20. The number of sulfonamides is 1. The molecule has 0 saturated heterocycles. The Balaban J connectivity index is 2.06. The molecule has 0 fully saturated rings. The van der Waals surface area contributed by atoms with Crippen LogP contribution in [0.5, 0.6) is 0 Å². The Morgan fingerprint density at radius 1 is 1.00 bits per heavy atom. The minimum Gasteiger partial charge on any atom is -0.354 e. The highest BCUT2D eigenvalue weighted by Crippen LogP contribution is 2.27. The number of anilines is 1. The van der Waals surface area contributed by atoms with Gasteiger partial charge in [0.1, 0.15) is 12.6 Å². The van der Waals surface area contributed by atoms with E-state index in [4.69, 9.17) is 0 Å². The van der Waals surface area contributed by atoms with Crippen molar-refractivity contribution in [1.82, 2.24) is 10.2 Å². The van der Waals surface area contributed by atoms with Crippen LogP contribution in [-0.4, -0.2) is 49.2 Å². The number of carbonyl (C=O) groups is 2. The molecule has 10 nitrogen and oxygen atoms in total. The first-order chi connectivity index (χ1) is 18.6. The Kier molecular flexibility index (Phi) is 9.78. The first-order valence-corrected chi connectivity index (χ1v) is 13.9. The van der Waals surface area contributed by atoms with Gasteiger partial charge in [0.25, 0.3) is 15.7 Å². The maximum atomic E-state index is 13.9. The molecule has 0 spiro atoms. The first-order valence-electron chi connectivity index (χ1n) is 12.5. The Hall–Kier alpha value is -4.25. The van der Waals surface area contributed by atoms with Gasteiger partial charge in [-0.05, 0) is 49.6 Å². The zero-order valence-corrected chi connectivity index (χ0v) is 22.9. The van der Waals surface area contributed by atoms with Crippen LogP contribution in [0, 0.1) is 17.0 Å². The SMILES string of the molecule is CCCNC(=O)[C@H](C)N(Cc1ccccc1C)C(=O)CN(c1cccc([N+](=O)[O-])c1)S(=O)(=O)c1ccccc1. The molecule has 1 atom stereocenters. The molecule has 0 aliphatic rings. The Labute approximate surface area is 228 Å². The summed E-state index contributed by atoms with van der Waals surface area (Å²) in [6.45, 7) is 5.21. The molecular formula is C28H32N4O6S. The molecule has 0 heterocycles. The highest BCUT2D eigenvalue weighted by Gasteiger charge is 2.33. The van der Waals surface area contributed by atoms with Crippen molar-refractivity contribution in [3.8, 4) is 0 Å². The predicted molar refractivity (Wildman–Crippen MR) is 149 cm³/mol. The molecule has 3 rings (SSSR count). The molecule has 0 unspecified atom stereocenters. The van der Waals surface area contributed by atoms with Crippen LogP contribution >= 0.6 is 0 Å². The number of carbonyl (C=O) groups excluding carboxylic acids is 2. The number of aryl methyl sites for hydroxylation is 1. The lowest BCUT2D eigenvalue weighted by Crippen LogP contribution is -2.51. The zero-order valence-electron chi connectivity index (χ0n) is 22.1. The smallest absolute Gasteiger partial charge is 0.271 e. The van der Waals surface area contributed by atoms with E-state index in [-0.39, 0.29) is 28.7 Å². The highest BCUT2D eigenvalue weighted by atomic mass is 32.2. The van der Waals surface area contributed by atoms with Gasteiger partial charge in [-0.2, -0.15) is 0 Å². The lowest BCUT2D eigenvalue weighted by Gasteiger charge is -2.32. The van der Waals surface area contributed by atoms with Gasteiger partial charge in [-0.1, -0.05) is 55.5 Å². The fourth-order valence-electron chi connectivity index (χ4n) is 3.96. The van der Waals surface area contributed by atoms with Gasteiger partial charge >= 0.3 is 0 Å². The lowest BCUT2D eigenvalue weighted by molar-refractivity contribution is -0.384. The van der Waals surface area contributed by atoms with E-state index >= 15 is 0 Å². The maximum Gasteiger partial charge on any atom is 0.271 e. The minimum atomic E-state index is -4.30. The average Bonchev–Trinajstić information content (AvgIpc) is 2.94. The van der Waals surface area contributed by atoms with Gasteiger partial charge in [-0.3, -0.25) is 24.0 Å². The summed E-state index contributed by atoms with van der Waals surface area (Å²) in [5, 5.41) is 14.2. The number of nitrogens with zero attached hydrogens (tertiary/aromatic N) is 3. The molecular weight excluding hydrogens is 520 g/mol. The second-order valence-electron chi connectivity index (χ2n) is 9.02. The lowest BCUT2D eigenvalue weighted by atomic mass is 10.1. The zero-order chi connectivity index (χ0) is 28.6. The van der Waals surface area contributed by atoms with E-state index in [0.717, 1.165) is 21.5 Å². The van der Waals surface area contributed by atoms with Crippen molar-refractivity contribution in [2.24, 2.45) is 0 Å². The summed E-state index contributed by atoms with van der Waals surface area (Å²) in [6.07, 6.45) is 0.708. The van der Waals surface area contributed by atoms with Gasteiger partial charge in [0, 0.05) is 25.2 Å². The van der Waals surface area contributed by atoms with Crippen molar-refractivity contribution in [2.45, 2.75) is 44.7 Å². The van der Waals surface area contributed by atoms with Crippen LogP contribution < -0.4 is 9.62 Å². The molecule has 206 valence electrons. The van der Waals surface area contributed by atoms with Crippen LogP contribution in [0.4, 0.5) is 11.4 Å². The number of non-ortho nitro benzene ring substituents is 1. The van der Waals surface area contributed by atoms with Gasteiger partial charge in [0.05, 0.1) is 15.5 Å². The summed E-state index contributed by atoms with van der Waals surface area (Å²) in [6, 6.07) is 19.1. The van der Waals surface area contributed by atoms with Gasteiger partial charge in [-0.25, -0.2) is 8.42 Å². The number of nitro benzene ring substituents is 1. The van der Waals surface area contributed by atoms with E-state index in [0.29, 0.717) is 13.0 Å². The summed E-state index contributed by atoms with van der Waals surface area (Å²) in [5.74, 6) is -1.00. The highest BCUT2D eigenvalue weighted by molar-refractivity contribution is 7.92. The normalized spacial score (nSPS) is 11.9. The molecule has 1 N–H and O–H groups in total. The summed E-state index contributed by atoms with van der Waals surface area (Å²) in [4.78, 5) is 38.8. The second kappa shape index (κ2) is 13.0. The van der Waals surface area contributed by atoms with Crippen LogP contribution in [0.1, 0.15) is 31.4 Å². The van der Waals surface area contributed by atoms with Crippen LogP contribution in [-0.2, 0) is 26.2 Å². The topological polar surface area (TPSA) is 130 Å². The Morgan fingerprint density at radius 2 is 1.67 bits per heavy atom. The van der Waals surface area contributed by atoms with Crippen LogP contribution in [0.25, 0.3) is 0 Å². The molecule has 0 aliphatic carbocycles. The molecule has 3 aromatic carbocycles. The van der Waals surface area contributed by atoms with Crippen LogP contribution in [0.2, 0.25) is 0 Å². The molecule has 3 aromatic rings. The summed E-state index contributed by atoms with van der Waals surface area (Å²) >= 11 is 0. The van der Waals surface area contributed by atoms with Crippen molar-refractivity contribution in [2.75, 3.05) is 17.4 Å². The van der Waals surface area contributed by atoms with E-state index in [2.05, 4.69) is 5.32 Å². The van der Waals surface area contributed by atoms with Crippen molar-refractivity contribution in [3.05, 3.63) is 100 Å². The molecule has 11 heteroatoms.